The Bertz CT molecular complexity index is 472. The summed E-state index contributed by atoms with van der Waals surface area (Å²) in [5, 5.41) is 4.36. The summed E-state index contributed by atoms with van der Waals surface area (Å²) in [5.74, 6) is 0.193. The maximum atomic E-state index is 11.9. The van der Waals surface area contributed by atoms with E-state index in [9.17, 15) is 4.79 Å². The molecule has 0 bridgehead atoms. The number of nitrogens with zero attached hydrogens (tertiary/aromatic N) is 1. The molecular weight excluding hydrogens is 316 g/mol. The fourth-order valence-corrected chi connectivity index (χ4v) is 3.16. The monoisotopic (exact) mass is 340 g/mol. The molecule has 122 valence electrons. The number of carbonyl (C=O) groups is 1. The van der Waals surface area contributed by atoms with Crippen LogP contribution in [0.5, 0.6) is 0 Å². The van der Waals surface area contributed by atoms with E-state index in [1.807, 2.05) is 18.4 Å². The second kappa shape index (κ2) is 8.80. The fraction of sp³-hybridized carbons (Fsp3) is 0.588. The molecule has 1 aliphatic rings. The summed E-state index contributed by atoms with van der Waals surface area (Å²) in [7, 11) is 0. The van der Waals surface area contributed by atoms with E-state index in [1.54, 1.807) is 11.8 Å². The van der Waals surface area contributed by atoms with Gasteiger partial charge in [0.05, 0.1) is 0 Å². The van der Waals surface area contributed by atoms with E-state index < -0.39 is 0 Å². The van der Waals surface area contributed by atoms with E-state index in [0.29, 0.717) is 17.7 Å². The molecule has 1 saturated heterocycles. The molecule has 5 heteroatoms. The van der Waals surface area contributed by atoms with Gasteiger partial charge in [0.15, 0.2) is 0 Å². The molecule has 1 heterocycles. The van der Waals surface area contributed by atoms with Gasteiger partial charge in [0.25, 0.3) is 0 Å². The molecule has 1 aromatic rings. The lowest BCUT2D eigenvalue weighted by Gasteiger charge is -2.32. The number of nitrogens with one attached hydrogen (secondary N) is 1. The van der Waals surface area contributed by atoms with Crippen molar-refractivity contribution in [2.45, 2.75) is 44.0 Å². The average molecular weight is 341 g/mol. The zero-order valence-electron chi connectivity index (χ0n) is 13.3. The van der Waals surface area contributed by atoms with Crippen molar-refractivity contribution >= 4 is 29.3 Å². The third-order valence-electron chi connectivity index (χ3n) is 4.15. The minimum absolute atomic E-state index is 0.193. The number of likely N-dealkylation sites (tertiary alicyclic amines) is 1. The van der Waals surface area contributed by atoms with E-state index >= 15 is 0 Å². The van der Waals surface area contributed by atoms with E-state index in [0.717, 1.165) is 37.5 Å². The van der Waals surface area contributed by atoms with Crippen LogP contribution < -0.4 is 5.32 Å². The Hall–Kier alpha value is -0.710. The third-order valence-corrected chi connectivity index (χ3v) is 5.37. The maximum Gasteiger partial charge on any atom is 0.221 e. The van der Waals surface area contributed by atoms with Crippen LogP contribution in [0.15, 0.2) is 24.3 Å². The van der Waals surface area contributed by atoms with Gasteiger partial charge >= 0.3 is 0 Å². The van der Waals surface area contributed by atoms with Crippen LogP contribution in [-0.2, 0) is 11.3 Å². The normalized spacial score (nSPS) is 18.1. The van der Waals surface area contributed by atoms with Crippen molar-refractivity contribution in [1.29, 1.82) is 0 Å². The number of thioether (sulfide) groups is 1. The minimum atomic E-state index is 0.193. The standard InChI is InChI=1S/C17H25ClN2OS/c1-13(22-2)11-17(21)19-16-7-9-20(10-8-16)12-14-3-5-15(18)6-4-14/h3-6,13,16H,7-12H2,1-2H3,(H,19,21). The second-order valence-corrected chi connectivity index (χ2v) is 7.71. The van der Waals surface area contributed by atoms with Crippen LogP contribution in [0.3, 0.4) is 0 Å². The summed E-state index contributed by atoms with van der Waals surface area (Å²) >= 11 is 7.65. The molecule has 1 N–H and O–H groups in total. The Morgan fingerprint density at radius 2 is 2.00 bits per heavy atom. The predicted octanol–water partition coefficient (Wildman–Crippen LogP) is 3.56. The lowest BCUT2D eigenvalue weighted by atomic mass is 10.0. The number of benzene rings is 1. The molecule has 1 atom stereocenters. The molecule has 0 aliphatic carbocycles. The molecule has 0 saturated carbocycles. The van der Waals surface area contributed by atoms with Gasteiger partial charge in [-0.3, -0.25) is 9.69 Å². The van der Waals surface area contributed by atoms with Gasteiger partial charge in [0.1, 0.15) is 0 Å². The van der Waals surface area contributed by atoms with Gasteiger partial charge in [-0.15, -0.1) is 0 Å². The molecule has 2 rings (SSSR count). The van der Waals surface area contributed by atoms with Crippen LogP contribution in [0.25, 0.3) is 0 Å². The summed E-state index contributed by atoms with van der Waals surface area (Å²) in [5.41, 5.74) is 1.29. The topological polar surface area (TPSA) is 32.3 Å². The first-order valence-electron chi connectivity index (χ1n) is 7.85. The highest BCUT2D eigenvalue weighted by Gasteiger charge is 2.21. The van der Waals surface area contributed by atoms with Crippen LogP contribution in [0.2, 0.25) is 5.02 Å². The molecule has 0 radical (unpaired) electrons. The number of halogens is 1. The molecule has 0 aromatic heterocycles. The molecule has 1 aliphatic heterocycles. The lowest BCUT2D eigenvalue weighted by Crippen LogP contribution is -2.44. The molecule has 22 heavy (non-hydrogen) atoms. The zero-order chi connectivity index (χ0) is 15.9. The lowest BCUT2D eigenvalue weighted by molar-refractivity contribution is -0.122. The van der Waals surface area contributed by atoms with Crippen LogP contribution in [0.1, 0.15) is 31.7 Å². The van der Waals surface area contributed by atoms with Gasteiger partial charge in [0, 0.05) is 42.4 Å². The fourth-order valence-electron chi connectivity index (χ4n) is 2.71. The van der Waals surface area contributed by atoms with E-state index in [2.05, 4.69) is 29.3 Å². The van der Waals surface area contributed by atoms with E-state index in [1.165, 1.54) is 5.56 Å². The Labute approximate surface area is 142 Å². The Morgan fingerprint density at radius 1 is 1.36 bits per heavy atom. The molecule has 1 fully saturated rings. The quantitative estimate of drug-likeness (QED) is 0.859. The molecule has 0 spiro atoms. The van der Waals surface area contributed by atoms with Crippen molar-refractivity contribution in [3.63, 3.8) is 0 Å². The van der Waals surface area contributed by atoms with Crippen LogP contribution in [0.4, 0.5) is 0 Å². The number of carbonyl (C=O) groups excluding carboxylic acids is 1. The van der Waals surface area contributed by atoms with Crippen molar-refractivity contribution < 1.29 is 4.79 Å². The van der Waals surface area contributed by atoms with Gasteiger partial charge in [-0.05, 0) is 36.8 Å². The first-order valence-corrected chi connectivity index (χ1v) is 9.52. The number of rotatable bonds is 6. The SMILES string of the molecule is CSC(C)CC(=O)NC1CCN(Cc2ccc(Cl)cc2)CC1. The van der Waals surface area contributed by atoms with E-state index in [4.69, 9.17) is 11.6 Å². The van der Waals surface area contributed by atoms with Crippen molar-refractivity contribution in [2.24, 2.45) is 0 Å². The van der Waals surface area contributed by atoms with Gasteiger partial charge < -0.3 is 5.32 Å². The minimum Gasteiger partial charge on any atom is -0.353 e. The molecule has 3 nitrogen and oxygen atoms in total. The maximum absolute atomic E-state index is 11.9. The average Bonchev–Trinajstić information content (AvgIpc) is 2.51. The van der Waals surface area contributed by atoms with Crippen LogP contribution >= 0.6 is 23.4 Å². The Kier molecular flexibility index (Phi) is 7.06. The van der Waals surface area contributed by atoms with Crippen LogP contribution in [0, 0.1) is 0 Å². The zero-order valence-corrected chi connectivity index (χ0v) is 14.9. The Morgan fingerprint density at radius 3 is 2.59 bits per heavy atom. The summed E-state index contributed by atoms with van der Waals surface area (Å²) < 4.78 is 0. The highest BCUT2D eigenvalue weighted by molar-refractivity contribution is 7.99. The predicted molar refractivity (Wildman–Crippen MR) is 95.5 cm³/mol. The number of amides is 1. The first kappa shape index (κ1) is 17.6. The molecular formula is C17H25ClN2OS. The highest BCUT2D eigenvalue weighted by atomic mass is 35.5. The molecule has 1 unspecified atom stereocenters. The van der Waals surface area contributed by atoms with Crippen molar-refractivity contribution in [3.8, 4) is 0 Å². The second-order valence-electron chi connectivity index (χ2n) is 5.99. The summed E-state index contributed by atoms with van der Waals surface area (Å²) in [4.78, 5) is 14.4. The third kappa shape index (κ3) is 5.82. The summed E-state index contributed by atoms with van der Waals surface area (Å²) in [6.07, 6.45) is 4.74. The van der Waals surface area contributed by atoms with Crippen molar-refractivity contribution in [2.75, 3.05) is 19.3 Å². The van der Waals surface area contributed by atoms with Crippen LogP contribution in [-0.4, -0.2) is 41.4 Å². The summed E-state index contributed by atoms with van der Waals surface area (Å²) in [6.45, 7) is 5.12. The number of hydrogen-bond acceptors (Lipinski definition) is 3. The summed E-state index contributed by atoms with van der Waals surface area (Å²) in [6, 6.07) is 8.39. The highest BCUT2D eigenvalue weighted by Crippen LogP contribution is 2.16. The van der Waals surface area contributed by atoms with Gasteiger partial charge in [0.2, 0.25) is 5.91 Å². The van der Waals surface area contributed by atoms with Gasteiger partial charge in [-0.25, -0.2) is 0 Å². The van der Waals surface area contributed by atoms with Crippen molar-refractivity contribution in [3.05, 3.63) is 34.9 Å². The smallest absolute Gasteiger partial charge is 0.221 e. The van der Waals surface area contributed by atoms with Gasteiger partial charge in [-0.1, -0.05) is 30.7 Å². The Balaban J connectivity index is 1.71. The molecule has 1 aromatic carbocycles. The van der Waals surface area contributed by atoms with E-state index in [-0.39, 0.29) is 5.91 Å². The number of piperidine rings is 1. The molecule has 1 amide bonds. The van der Waals surface area contributed by atoms with Gasteiger partial charge in [-0.2, -0.15) is 11.8 Å². The first-order chi connectivity index (χ1) is 10.6. The number of hydrogen-bond donors (Lipinski definition) is 1. The largest absolute Gasteiger partial charge is 0.353 e. The van der Waals surface area contributed by atoms with Crippen molar-refractivity contribution in [1.82, 2.24) is 10.2 Å².